The van der Waals surface area contributed by atoms with Gasteiger partial charge in [-0.15, -0.1) is 0 Å². The van der Waals surface area contributed by atoms with Gasteiger partial charge >= 0.3 is 0 Å². The quantitative estimate of drug-likeness (QED) is 0.831. The number of aromatic nitrogens is 1. The third kappa shape index (κ3) is 1.87. The molecule has 2 atom stereocenters. The summed E-state index contributed by atoms with van der Waals surface area (Å²) in [6.07, 6.45) is 2.86. The molecule has 13 heavy (non-hydrogen) atoms. The van der Waals surface area contributed by atoms with Crippen LogP contribution < -0.4 is 5.73 Å². The molecular formula is C9H10BrClN2. The lowest BCUT2D eigenvalue weighted by Crippen LogP contribution is -2.02. The second-order valence-electron chi connectivity index (χ2n) is 3.37. The number of nitrogens with zero attached hydrogens (tertiary/aromatic N) is 1. The highest BCUT2D eigenvalue weighted by Crippen LogP contribution is 2.48. The summed E-state index contributed by atoms with van der Waals surface area (Å²) in [4.78, 5) is 4.09. The van der Waals surface area contributed by atoms with Crippen molar-refractivity contribution in [1.29, 1.82) is 0 Å². The number of rotatable bonds is 2. The van der Waals surface area contributed by atoms with Crippen molar-refractivity contribution < 1.29 is 0 Å². The van der Waals surface area contributed by atoms with E-state index in [0.717, 1.165) is 23.0 Å². The Morgan fingerprint density at radius 1 is 1.69 bits per heavy atom. The Morgan fingerprint density at radius 2 is 2.46 bits per heavy atom. The van der Waals surface area contributed by atoms with Gasteiger partial charge in [-0.1, -0.05) is 11.6 Å². The molecule has 1 aromatic rings. The Kier molecular flexibility index (Phi) is 2.58. The lowest BCUT2D eigenvalue weighted by atomic mass is 10.1. The Bertz CT molecular complexity index is 329. The van der Waals surface area contributed by atoms with Gasteiger partial charge in [-0.3, -0.25) is 0 Å². The van der Waals surface area contributed by atoms with Crippen molar-refractivity contribution in [2.45, 2.75) is 12.3 Å². The van der Waals surface area contributed by atoms with Gasteiger partial charge in [0.2, 0.25) is 0 Å². The maximum Gasteiger partial charge on any atom is 0.132 e. The van der Waals surface area contributed by atoms with Crippen molar-refractivity contribution in [2.75, 3.05) is 6.54 Å². The minimum atomic E-state index is 0.530. The maximum atomic E-state index is 5.98. The topological polar surface area (TPSA) is 38.9 Å². The highest BCUT2D eigenvalue weighted by Gasteiger charge is 2.38. The smallest absolute Gasteiger partial charge is 0.132 e. The van der Waals surface area contributed by atoms with Crippen LogP contribution in [0, 0.1) is 5.92 Å². The molecule has 0 aliphatic heterocycles. The van der Waals surface area contributed by atoms with E-state index in [1.165, 1.54) is 0 Å². The fraction of sp³-hybridized carbons (Fsp3) is 0.444. The SMILES string of the molecule is NC[C@@H]1C[C@H]1c1cc(Br)cnc1Cl. The molecule has 4 heteroatoms. The molecule has 1 fully saturated rings. The number of nitrogens with two attached hydrogens (primary N) is 1. The number of hydrogen-bond acceptors (Lipinski definition) is 2. The van der Waals surface area contributed by atoms with Crippen LogP contribution in [0.25, 0.3) is 0 Å². The van der Waals surface area contributed by atoms with Crippen LogP contribution in [-0.4, -0.2) is 11.5 Å². The van der Waals surface area contributed by atoms with Crippen LogP contribution in [0.2, 0.25) is 5.15 Å². The molecule has 2 N–H and O–H groups in total. The van der Waals surface area contributed by atoms with Gasteiger partial charge < -0.3 is 5.73 Å². The first-order chi connectivity index (χ1) is 6.22. The number of hydrogen-bond donors (Lipinski definition) is 1. The molecule has 0 spiro atoms. The largest absolute Gasteiger partial charge is 0.330 e. The molecule has 2 rings (SSSR count). The summed E-state index contributed by atoms with van der Waals surface area (Å²) in [5, 5.41) is 0.615. The van der Waals surface area contributed by atoms with Crippen LogP contribution in [0.5, 0.6) is 0 Å². The molecule has 0 radical (unpaired) electrons. The van der Waals surface area contributed by atoms with E-state index >= 15 is 0 Å². The minimum Gasteiger partial charge on any atom is -0.330 e. The first kappa shape index (κ1) is 9.44. The van der Waals surface area contributed by atoms with E-state index in [0.29, 0.717) is 17.0 Å². The monoisotopic (exact) mass is 260 g/mol. The second-order valence-corrected chi connectivity index (χ2v) is 4.65. The normalized spacial score (nSPS) is 26.1. The molecule has 1 aliphatic carbocycles. The third-order valence-electron chi connectivity index (χ3n) is 2.46. The molecule has 1 aliphatic rings. The van der Waals surface area contributed by atoms with Crippen LogP contribution in [0.1, 0.15) is 17.9 Å². The predicted molar refractivity (Wildman–Crippen MR) is 56.8 cm³/mol. The van der Waals surface area contributed by atoms with Gasteiger partial charge in [0.25, 0.3) is 0 Å². The highest BCUT2D eigenvalue weighted by molar-refractivity contribution is 9.10. The molecule has 0 aromatic carbocycles. The van der Waals surface area contributed by atoms with Gasteiger partial charge in [-0.05, 0) is 52.4 Å². The van der Waals surface area contributed by atoms with E-state index in [-0.39, 0.29) is 0 Å². The van der Waals surface area contributed by atoms with E-state index in [2.05, 4.69) is 20.9 Å². The summed E-state index contributed by atoms with van der Waals surface area (Å²) < 4.78 is 0.981. The molecule has 70 valence electrons. The molecule has 0 saturated heterocycles. The summed E-state index contributed by atoms with van der Waals surface area (Å²) in [6.45, 7) is 0.744. The van der Waals surface area contributed by atoms with Gasteiger partial charge in [-0.25, -0.2) is 4.98 Å². The van der Waals surface area contributed by atoms with E-state index < -0.39 is 0 Å². The fourth-order valence-electron chi connectivity index (χ4n) is 1.59. The lowest BCUT2D eigenvalue weighted by Gasteiger charge is -2.02. The van der Waals surface area contributed by atoms with Crippen LogP contribution in [0.4, 0.5) is 0 Å². The van der Waals surface area contributed by atoms with Crippen molar-refractivity contribution >= 4 is 27.5 Å². The predicted octanol–water partition coefficient (Wildman–Crippen LogP) is 2.56. The summed E-state index contributed by atoms with van der Waals surface area (Å²) in [5.41, 5.74) is 6.71. The van der Waals surface area contributed by atoms with Crippen molar-refractivity contribution in [3.05, 3.63) is 27.5 Å². The van der Waals surface area contributed by atoms with Gasteiger partial charge in [0, 0.05) is 10.7 Å². The van der Waals surface area contributed by atoms with Crippen LogP contribution in [-0.2, 0) is 0 Å². The summed E-state index contributed by atoms with van der Waals surface area (Å²) in [7, 11) is 0. The second kappa shape index (κ2) is 3.56. The van der Waals surface area contributed by atoms with Crippen LogP contribution in [0.15, 0.2) is 16.7 Å². The molecular weight excluding hydrogens is 251 g/mol. The van der Waals surface area contributed by atoms with E-state index in [4.69, 9.17) is 17.3 Å². The minimum absolute atomic E-state index is 0.530. The zero-order chi connectivity index (χ0) is 9.42. The highest BCUT2D eigenvalue weighted by atomic mass is 79.9. The summed E-state index contributed by atoms with van der Waals surface area (Å²) in [6, 6.07) is 2.04. The molecule has 2 nitrogen and oxygen atoms in total. The summed E-state index contributed by atoms with van der Waals surface area (Å²) >= 11 is 9.36. The van der Waals surface area contributed by atoms with E-state index in [9.17, 15) is 0 Å². The Labute approximate surface area is 90.6 Å². The van der Waals surface area contributed by atoms with Gasteiger partial charge in [-0.2, -0.15) is 0 Å². The van der Waals surface area contributed by atoms with Gasteiger partial charge in [0.1, 0.15) is 5.15 Å². The van der Waals surface area contributed by atoms with Crippen molar-refractivity contribution in [3.8, 4) is 0 Å². The van der Waals surface area contributed by atoms with E-state index in [1.54, 1.807) is 6.20 Å². The zero-order valence-corrected chi connectivity index (χ0v) is 9.35. The molecule has 1 saturated carbocycles. The average Bonchev–Trinajstić information content (AvgIpc) is 2.88. The zero-order valence-electron chi connectivity index (χ0n) is 7.00. The molecule has 0 unspecified atom stereocenters. The Balaban J connectivity index is 2.25. The summed E-state index contributed by atoms with van der Waals surface area (Å²) in [5.74, 6) is 1.14. The standard InChI is InChI=1S/C9H10BrClN2/c10-6-2-8(9(11)13-4-6)7-1-5(7)3-12/h2,4-5,7H,1,3,12H2/t5-,7+/m0/s1. The average molecular weight is 262 g/mol. The number of pyridine rings is 1. The third-order valence-corrected chi connectivity index (χ3v) is 3.21. The maximum absolute atomic E-state index is 5.98. The van der Waals surface area contributed by atoms with Crippen molar-refractivity contribution in [3.63, 3.8) is 0 Å². The molecule has 1 heterocycles. The lowest BCUT2D eigenvalue weighted by molar-refractivity contribution is 0.807. The molecule has 0 amide bonds. The van der Waals surface area contributed by atoms with Gasteiger partial charge in [0.15, 0.2) is 0 Å². The van der Waals surface area contributed by atoms with Crippen LogP contribution >= 0.6 is 27.5 Å². The first-order valence-corrected chi connectivity index (χ1v) is 5.40. The Morgan fingerprint density at radius 3 is 3.08 bits per heavy atom. The van der Waals surface area contributed by atoms with Crippen molar-refractivity contribution in [2.24, 2.45) is 11.7 Å². The fourth-order valence-corrected chi connectivity index (χ4v) is 2.18. The van der Waals surface area contributed by atoms with Gasteiger partial charge in [0.05, 0.1) is 0 Å². The van der Waals surface area contributed by atoms with E-state index in [1.807, 2.05) is 6.07 Å². The Hall–Kier alpha value is -0.120. The number of halogens is 2. The van der Waals surface area contributed by atoms with Crippen LogP contribution in [0.3, 0.4) is 0 Å². The first-order valence-electron chi connectivity index (χ1n) is 4.23. The van der Waals surface area contributed by atoms with Crippen molar-refractivity contribution in [1.82, 2.24) is 4.98 Å². The molecule has 1 aromatic heterocycles. The molecule has 0 bridgehead atoms.